The first-order valence-electron chi connectivity index (χ1n) is 7.59. The van der Waals surface area contributed by atoms with Crippen molar-refractivity contribution in [2.45, 2.75) is 52.8 Å². The summed E-state index contributed by atoms with van der Waals surface area (Å²) < 4.78 is 5.65. The fourth-order valence-electron chi connectivity index (χ4n) is 1.91. The summed E-state index contributed by atoms with van der Waals surface area (Å²) in [5, 5.41) is 6.71. The van der Waals surface area contributed by atoms with Crippen molar-refractivity contribution in [1.82, 2.24) is 10.6 Å². The van der Waals surface area contributed by atoms with Crippen molar-refractivity contribution in [3.63, 3.8) is 0 Å². The van der Waals surface area contributed by atoms with Crippen LogP contribution in [0.5, 0.6) is 0 Å². The number of hydrogen-bond donors (Lipinski definition) is 2. The van der Waals surface area contributed by atoms with Gasteiger partial charge in [0.15, 0.2) is 5.96 Å². The number of rotatable bonds is 6. The number of benzene rings is 1. The molecule has 1 rings (SSSR count). The maximum Gasteiger partial charge on any atom is 0.191 e. The summed E-state index contributed by atoms with van der Waals surface area (Å²) >= 11 is 0. The van der Waals surface area contributed by atoms with Crippen LogP contribution in [0.1, 0.15) is 45.2 Å². The normalized spacial score (nSPS) is 12.3. The first-order chi connectivity index (χ1) is 9.96. The first-order valence-corrected chi connectivity index (χ1v) is 7.59. The zero-order valence-corrected chi connectivity index (χ0v) is 14.0. The maximum atomic E-state index is 5.65. The minimum Gasteiger partial charge on any atom is -0.377 e. The zero-order chi connectivity index (χ0) is 15.7. The van der Waals surface area contributed by atoms with Gasteiger partial charge in [0.05, 0.1) is 6.61 Å². The lowest BCUT2D eigenvalue weighted by Crippen LogP contribution is -2.47. The molecular weight excluding hydrogens is 262 g/mol. The monoisotopic (exact) mass is 291 g/mol. The van der Waals surface area contributed by atoms with Crippen LogP contribution in [0.15, 0.2) is 29.3 Å². The van der Waals surface area contributed by atoms with Gasteiger partial charge in [0.1, 0.15) is 0 Å². The third-order valence-corrected chi connectivity index (χ3v) is 2.89. The Balaban J connectivity index is 2.61. The van der Waals surface area contributed by atoms with E-state index in [1.165, 1.54) is 11.1 Å². The topological polar surface area (TPSA) is 45.6 Å². The van der Waals surface area contributed by atoms with Gasteiger partial charge >= 0.3 is 0 Å². The second kappa shape index (κ2) is 8.67. The highest BCUT2D eigenvalue weighted by Gasteiger charge is 2.12. The quantitative estimate of drug-likeness (QED) is 0.481. The van der Waals surface area contributed by atoms with Gasteiger partial charge in [-0.15, -0.1) is 0 Å². The Kier molecular flexibility index (Phi) is 7.23. The van der Waals surface area contributed by atoms with Crippen molar-refractivity contribution in [2.24, 2.45) is 4.99 Å². The summed E-state index contributed by atoms with van der Waals surface area (Å²) in [5.74, 6) is 0.812. The molecule has 0 amide bonds. The van der Waals surface area contributed by atoms with Gasteiger partial charge in [0, 0.05) is 25.7 Å². The van der Waals surface area contributed by atoms with Gasteiger partial charge in [-0.1, -0.05) is 31.2 Å². The van der Waals surface area contributed by atoms with Crippen molar-refractivity contribution >= 4 is 5.96 Å². The molecule has 0 aromatic heterocycles. The summed E-state index contributed by atoms with van der Waals surface area (Å²) in [7, 11) is 1.79. The number of guanidine groups is 1. The Labute approximate surface area is 129 Å². The molecule has 0 saturated heterocycles. The van der Waals surface area contributed by atoms with Crippen LogP contribution in [0.3, 0.4) is 0 Å². The van der Waals surface area contributed by atoms with Crippen molar-refractivity contribution in [1.29, 1.82) is 0 Å². The molecule has 0 aliphatic rings. The van der Waals surface area contributed by atoms with Crippen molar-refractivity contribution in [2.75, 3.05) is 13.7 Å². The lowest BCUT2D eigenvalue weighted by atomic mass is 10.1. The second-order valence-corrected chi connectivity index (χ2v) is 6.12. The average molecular weight is 291 g/mol. The molecule has 0 aliphatic carbocycles. The highest BCUT2D eigenvalue weighted by molar-refractivity contribution is 5.80. The fourth-order valence-corrected chi connectivity index (χ4v) is 1.91. The van der Waals surface area contributed by atoms with Gasteiger partial charge in [0.2, 0.25) is 0 Å². The summed E-state index contributed by atoms with van der Waals surface area (Å²) in [6, 6.07) is 8.35. The zero-order valence-electron chi connectivity index (χ0n) is 14.0. The van der Waals surface area contributed by atoms with Gasteiger partial charge < -0.3 is 15.4 Å². The number of nitrogens with zero attached hydrogens (tertiary/aromatic N) is 1. The minimum atomic E-state index is -0.00834. The first kappa shape index (κ1) is 17.5. The van der Waals surface area contributed by atoms with Crippen LogP contribution in [0.4, 0.5) is 0 Å². The standard InChI is InChI=1S/C17H29N3O/c1-6-11-21-13-15-10-8-7-9-14(15)12-19-16(18-5)20-17(2,3)4/h7-10H,6,11-13H2,1-5H3,(H2,18,19,20). The average Bonchev–Trinajstić information content (AvgIpc) is 2.43. The molecule has 0 fully saturated rings. The van der Waals surface area contributed by atoms with E-state index in [-0.39, 0.29) is 5.54 Å². The largest absolute Gasteiger partial charge is 0.377 e. The minimum absolute atomic E-state index is 0.00834. The van der Waals surface area contributed by atoms with Gasteiger partial charge in [-0.2, -0.15) is 0 Å². The molecule has 118 valence electrons. The maximum absolute atomic E-state index is 5.65. The molecule has 0 radical (unpaired) electrons. The lowest BCUT2D eigenvalue weighted by molar-refractivity contribution is 0.121. The Morgan fingerprint density at radius 1 is 1.19 bits per heavy atom. The van der Waals surface area contributed by atoms with Crippen molar-refractivity contribution < 1.29 is 4.74 Å². The van der Waals surface area contributed by atoms with Gasteiger partial charge in [0.25, 0.3) is 0 Å². The molecule has 4 heteroatoms. The lowest BCUT2D eigenvalue weighted by Gasteiger charge is -2.24. The van der Waals surface area contributed by atoms with E-state index < -0.39 is 0 Å². The van der Waals surface area contributed by atoms with Crippen molar-refractivity contribution in [3.8, 4) is 0 Å². The van der Waals surface area contributed by atoms with Crippen LogP contribution < -0.4 is 10.6 Å². The SMILES string of the molecule is CCCOCc1ccccc1CNC(=NC)NC(C)(C)C. The summed E-state index contributed by atoms with van der Waals surface area (Å²) in [4.78, 5) is 4.26. The molecule has 0 spiro atoms. The van der Waals surface area contributed by atoms with E-state index in [1.54, 1.807) is 7.05 Å². The van der Waals surface area contributed by atoms with E-state index >= 15 is 0 Å². The number of aliphatic imine (C=N–C) groups is 1. The van der Waals surface area contributed by atoms with Crippen LogP contribution >= 0.6 is 0 Å². The molecule has 4 nitrogen and oxygen atoms in total. The smallest absolute Gasteiger partial charge is 0.191 e. The number of ether oxygens (including phenoxy) is 1. The fraction of sp³-hybridized carbons (Fsp3) is 0.588. The highest BCUT2D eigenvalue weighted by atomic mass is 16.5. The number of hydrogen-bond acceptors (Lipinski definition) is 2. The van der Waals surface area contributed by atoms with E-state index in [0.717, 1.165) is 25.5 Å². The summed E-state index contributed by atoms with van der Waals surface area (Å²) in [5.41, 5.74) is 2.46. The third kappa shape index (κ3) is 7.14. The van der Waals surface area contributed by atoms with Crippen molar-refractivity contribution in [3.05, 3.63) is 35.4 Å². The molecule has 0 aliphatic heterocycles. The molecular formula is C17H29N3O. The Morgan fingerprint density at radius 2 is 1.86 bits per heavy atom. The second-order valence-electron chi connectivity index (χ2n) is 6.12. The number of nitrogens with one attached hydrogen (secondary N) is 2. The molecule has 21 heavy (non-hydrogen) atoms. The summed E-state index contributed by atoms with van der Waals surface area (Å²) in [6.07, 6.45) is 1.04. The van der Waals surface area contributed by atoms with Crippen LogP contribution in [-0.4, -0.2) is 25.2 Å². The predicted molar refractivity (Wildman–Crippen MR) is 89.5 cm³/mol. The molecule has 0 unspecified atom stereocenters. The molecule has 1 aromatic carbocycles. The Bertz CT molecular complexity index is 450. The predicted octanol–water partition coefficient (Wildman–Crippen LogP) is 3.08. The Morgan fingerprint density at radius 3 is 2.43 bits per heavy atom. The molecule has 1 aromatic rings. The van der Waals surface area contributed by atoms with Gasteiger partial charge in [-0.3, -0.25) is 4.99 Å². The van der Waals surface area contributed by atoms with Crippen LogP contribution in [-0.2, 0) is 17.9 Å². The molecule has 0 heterocycles. The van der Waals surface area contributed by atoms with Crippen LogP contribution in [0.2, 0.25) is 0 Å². The Hall–Kier alpha value is -1.55. The van der Waals surface area contributed by atoms with E-state index in [2.05, 4.69) is 67.6 Å². The van der Waals surface area contributed by atoms with Gasteiger partial charge in [-0.25, -0.2) is 0 Å². The third-order valence-electron chi connectivity index (χ3n) is 2.89. The van der Waals surface area contributed by atoms with E-state index in [4.69, 9.17) is 4.74 Å². The van der Waals surface area contributed by atoms with E-state index in [0.29, 0.717) is 6.61 Å². The molecule has 2 N–H and O–H groups in total. The molecule has 0 bridgehead atoms. The van der Waals surface area contributed by atoms with Crippen LogP contribution in [0.25, 0.3) is 0 Å². The summed E-state index contributed by atoms with van der Waals surface area (Å²) in [6.45, 7) is 10.7. The van der Waals surface area contributed by atoms with Crippen LogP contribution in [0, 0.1) is 0 Å². The van der Waals surface area contributed by atoms with Gasteiger partial charge in [-0.05, 0) is 38.3 Å². The molecule has 0 saturated carbocycles. The van der Waals surface area contributed by atoms with E-state index in [9.17, 15) is 0 Å². The molecule has 0 atom stereocenters. The van der Waals surface area contributed by atoms with E-state index in [1.807, 2.05) is 0 Å². The highest BCUT2D eigenvalue weighted by Crippen LogP contribution is 2.10.